The Kier molecular flexibility index (Phi) is 6.32. The Morgan fingerprint density at radius 1 is 1.11 bits per heavy atom. The van der Waals surface area contributed by atoms with Crippen molar-refractivity contribution in [3.05, 3.63) is 65.0 Å². The fourth-order valence-electron chi connectivity index (χ4n) is 2.40. The number of benzene rings is 2. The third-order valence-electron chi connectivity index (χ3n) is 3.98. The highest BCUT2D eigenvalue weighted by atomic mass is 32.2. The first kappa shape index (κ1) is 20.6. The van der Waals surface area contributed by atoms with Crippen LogP contribution >= 0.6 is 0 Å². The zero-order chi connectivity index (χ0) is 20.2. The molecule has 0 bridgehead atoms. The van der Waals surface area contributed by atoms with Crippen LogP contribution in [-0.2, 0) is 21.4 Å². The van der Waals surface area contributed by atoms with Gasteiger partial charge in [0.25, 0.3) is 0 Å². The topological polar surface area (TPSA) is 83.6 Å². The molecule has 0 atom stereocenters. The lowest BCUT2D eigenvalue weighted by atomic mass is 10.1. The van der Waals surface area contributed by atoms with Gasteiger partial charge in [0.15, 0.2) is 5.78 Å². The van der Waals surface area contributed by atoms with Crippen molar-refractivity contribution in [2.24, 2.45) is 0 Å². The van der Waals surface area contributed by atoms with Crippen LogP contribution in [-0.4, -0.2) is 32.9 Å². The molecule has 0 aliphatic heterocycles. The van der Waals surface area contributed by atoms with Gasteiger partial charge in [0.1, 0.15) is 12.4 Å². The van der Waals surface area contributed by atoms with Crippen LogP contribution in [0, 0.1) is 12.7 Å². The third-order valence-corrected chi connectivity index (χ3v) is 5.12. The minimum Gasteiger partial charge on any atom is -0.350 e. The number of sulfonamides is 1. The van der Waals surface area contributed by atoms with Crippen LogP contribution in [0.2, 0.25) is 0 Å². The van der Waals surface area contributed by atoms with Gasteiger partial charge in [0.2, 0.25) is 15.9 Å². The maximum absolute atomic E-state index is 13.6. The number of hydrogen-bond donors (Lipinski definition) is 1. The number of ketones is 1. The van der Waals surface area contributed by atoms with Gasteiger partial charge in [-0.15, -0.1) is 0 Å². The quantitative estimate of drug-likeness (QED) is 0.734. The molecule has 0 aromatic heterocycles. The summed E-state index contributed by atoms with van der Waals surface area (Å²) in [7, 11) is -3.71. The Morgan fingerprint density at radius 3 is 2.26 bits per heavy atom. The standard InChI is InChI=1S/C19H21FN2O4S/c1-13-4-5-15(10-18(13)20)11-21-19(24)12-22(27(3,25)26)17-8-6-16(7-9-17)14(2)23/h4-10H,11-12H2,1-3H3,(H,21,24). The van der Waals surface area contributed by atoms with Crippen LogP contribution in [0.3, 0.4) is 0 Å². The molecule has 0 spiro atoms. The molecule has 144 valence electrons. The van der Waals surface area contributed by atoms with Crippen molar-refractivity contribution in [2.75, 3.05) is 17.1 Å². The van der Waals surface area contributed by atoms with Crippen molar-refractivity contribution in [3.63, 3.8) is 0 Å². The molecule has 2 aromatic rings. The number of hydrogen-bond acceptors (Lipinski definition) is 4. The smallest absolute Gasteiger partial charge is 0.241 e. The molecule has 0 radical (unpaired) electrons. The summed E-state index contributed by atoms with van der Waals surface area (Å²) in [5.41, 5.74) is 1.79. The molecule has 8 heteroatoms. The Balaban J connectivity index is 2.10. The van der Waals surface area contributed by atoms with Crippen LogP contribution in [0.4, 0.5) is 10.1 Å². The second kappa shape index (κ2) is 8.30. The fraction of sp³-hybridized carbons (Fsp3) is 0.263. The molecule has 0 aliphatic rings. The highest BCUT2D eigenvalue weighted by Gasteiger charge is 2.21. The molecule has 0 fully saturated rings. The number of amides is 1. The second-order valence-electron chi connectivity index (χ2n) is 6.23. The van der Waals surface area contributed by atoms with Crippen molar-refractivity contribution in [1.29, 1.82) is 0 Å². The first-order valence-corrected chi connectivity index (χ1v) is 10.0. The van der Waals surface area contributed by atoms with Gasteiger partial charge in [0, 0.05) is 12.1 Å². The van der Waals surface area contributed by atoms with E-state index in [1.807, 2.05) is 0 Å². The molecule has 0 saturated heterocycles. The number of nitrogens with zero attached hydrogens (tertiary/aromatic N) is 1. The van der Waals surface area contributed by atoms with Gasteiger partial charge in [-0.25, -0.2) is 12.8 Å². The molecule has 1 N–H and O–H groups in total. The lowest BCUT2D eigenvalue weighted by Crippen LogP contribution is -2.40. The van der Waals surface area contributed by atoms with Gasteiger partial charge in [-0.05, 0) is 55.3 Å². The molecule has 0 aliphatic carbocycles. The molecule has 2 rings (SSSR count). The Morgan fingerprint density at radius 2 is 1.74 bits per heavy atom. The molecular formula is C19H21FN2O4S. The number of Topliss-reactive ketones (excluding diaryl/α,β-unsaturated/α-hetero) is 1. The third kappa shape index (κ3) is 5.62. The lowest BCUT2D eigenvalue weighted by Gasteiger charge is -2.22. The number of rotatable bonds is 7. The van der Waals surface area contributed by atoms with E-state index < -0.39 is 22.5 Å². The molecule has 0 unspecified atom stereocenters. The summed E-state index contributed by atoms with van der Waals surface area (Å²) in [6, 6.07) is 10.6. The van der Waals surface area contributed by atoms with Crippen LogP contribution < -0.4 is 9.62 Å². The van der Waals surface area contributed by atoms with Crippen molar-refractivity contribution in [1.82, 2.24) is 5.32 Å². The maximum atomic E-state index is 13.6. The summed E-state index contributed by atoms with van der Waals surface area (Å²) >= 11 is 0. The van der Waals surface area contributed by atoms with Crippen molar-refractivity contribution in [2.45, 2.75) is 20.4 Å². The van der Waals surface area contributed by atoms with Crippen LogP contribution in [0.25, 0.3) is 0 Å². The van der Waals surface area contributed by atoms with Crippen molar-refractivity contribution in [3.8, 4) is 0 Å². The van der Waals surface area contributed by atoms with Crippen LogP contribution in [0.5, 0.6) is 0 Å². The lowest BCUT2D eigenvalue weighted by molar-refractivity contribution is -0.119. The van der Waals surface area contributed by atoms with Gasteiger partial charge < -0.3 is 5.32 Å². The average molecular weight is 392 g/mol. The molecule has 1 amide bonds. The first-order chi connectivity index (χ1) is 12.6. The van der Waals surface area contributed by atoms with Gasteiger partial charge >= 0.3 is 0 Å². The van der Waals surface area contributed by atoms with Gasteiger partial charge in [-0.3, -0.25) is 13.9 Å². The van der Waals surface area contributed by atoms with Gasteiger partial charge in [0.05, 0.1) is 11.9 Å². The van der Waals surface area contributed by atoms with E-state index in [-0.39, 0.29) is 23.8 Å². The Bertz CT molecular complexity index is 956. The summed E-state index contributed by atoms with van der Waals surface area (Å²) < 4.78 is 38.6. The summed E-state index contributed by atoms with van der Waals surface area (Å²) in [6.07, 6.45) is 0.995. The summed E-state index contributed by atoms with van der Waals surface area (Å²) in [5, 5.41) is 2.58. The minimum absolute atomic E-state index is 0.0803. The Labute approximate surface area is 158 Å². The molecular weight excluding hydrogens is 371 g/mol. The second-order valence-corrected chi connectivity index (χ2v) is 8.14. The number of nitrogens with one attached hydrogen (secondary N) is 1. The van der Waals surface area contributed by atoms with Gasteiger partial charge in [-0.1, -0.05) is 12.1 Å². The summed E-state index contributed by atoms with van der Waals surface area (Å²) in [6.45, 7) is 2.70. The number of halogens is 1. The number of carbonyl (C=O) groups excluding carboxylic acids is 2. The van der Waals surface area contributed by atoms with Crippen LogP contribution in [0.1, 0.15) is 28.4 Å². The molecule has 2 aromatic carbocycles. The summed E-state index contributed by atoms with van der Waals surface area (Å²) in [4.78, 5) is 23.6. The Hall–Kier alpha value is -2.74. The zero-order valence-corrected chi connectivity index (χ0v) is 16.1. The predicted molar refractivity (Wildman–Crippen MR) is 102 cm³/mol. The van der Waals surface area contributed by atoms with E-state index >= 15 is 0 Å². The average Bonchev–Trinajstić information content (AvgIpc) is 2.60. The number of carbonyl (C=O) groups is 2. The van der Waals surface area contributed by atoms with Gasteiger partial charge in [-0.2, -0.15) is 0 Å². The highest BCUT2D eigenvalue weighted by Crippen LogP contribution is 2.18. The molecule has 0 heterocycles. The monoisotopic (exact) mass is 392 g/mol. The number of anilines is 1. The first-order valence-electron chi connectivity index (χ1n) is 8.18. The van der Waals surface area contributed by atoms with Crippen LogP contribution in [0.15, 0.2) is 42.5 Å². The van der Waals surface area contributed by atoms with Crippen molar-refractivity contribution < 1.29 is 22.4 Å². The molecule has 6 nitrogen and oxygen atoms in total. The van der Waals surface area contributed by atoms with E-state index in [2.05, 4.69) is 5.32 Å². The largest absolute Gasteiger partial charge is 0.350 e. The van der Waals surface area contributed by atoms with Crippen molar-refractivity contribution >= 4 is 27.4 Å². The van der Waals surface area contributed by atoms with E-state index in [1.54, 1.807) is 19.1 Å². The van der Waals surface area contributed by atoms with E-state index in [9.17, 15) is 22.4 Å². The molecule has 27 heavy (non-hydrogen) atoms. The fourth-order valence-corrected chi connectivity index (χ4v) is 3.25. The zero-order valence-electron chi connectivity index (χ0n) is 15.3. The normalized spacial score (nSPS) is 11.1. The SMILES string of the molecule is CC(=O)c1ccc(N(CC(=O)NCc2ccc(C)c(F)c2)S(C)(=O)=O)cc1. The maximum Gasteiger partial charge on any atom is 0.241 e. The van der Waals surface area contributed by atoms with E-state index in [1.165, 1.54) is 37.3 Å². The van der Waals surface area contributed by atoms with E-state index in [4.69, 9.17) is 0 Å². The predicted octanol–water partition coefficient (Wildman–Crippen LogP) is 2.42. The van der Waals surface area contributed by atoms with E-state index in [0.717, 1.165) is 10.6 Å². The van der Waals surface area contributed by atoms with E-state index in [0.29, 0.717) is 16.7 Å². The molecule has 0 saturated carbocycles. The minimum atomic E-state index is -3.71. The summed E-state index contributed by atoms with van der Waals surface area (Å²) in [5.74, 6) is -1.04. The highest BCUT2D eigenvalue weighted by molar-refractivity contribution is 7.92. The number of aryl methyl sites for hydroxylation is 1.